The van der Waals surface area contributed by atoms with Gasteiger partial charge in [-0.25, -0.2) is 0 Å². The Balaban J connectivity index is 3.02. The van der Waals surface area contributed by atoms with Crippen LogP contribution in [0, 0.1) is 0 Å². The van der Waals surface area contributed by atoms with Gasteiger partial charge < -0.3 is 5.32 Å². The van der Waals surface area contributed by atoms with Crippen molar-refractivity contribution in [3.05, 3.63) is 26.7 Å². The lowest BCUT2D eigenvalue weighted by atomic mass is 10.3. The maximum atomic E-state index is 11.0. The van der Waals surface area contributed by atoms with Gasteiger partial charge in [-0.15, -0.1) is 11.6 Å². The highest BCUT2D eigenvalue weighted by atomic mass is 79.9. The lowest BCUT2D eigenvalue weighted by molar-refractivity contribution is -0.113. The van der Waals surface area contributed by atoms with Gasteiger partial charge in [-0.1, -0.05) is 39.1 Å². The summed E-state index contributed by atoms with van der Waals surface area (Å²) in [4.78, 5) is 11.0. The third-order valence-electron chi connectivity index (χ3n) is 1.39. The summed E-state index contributed by atoms with van der Waals surface area (Å²) >= 11 is 20.3. The highest BCUT2D eigenvalue weighted by Crippen LogP contribution is 2.33. The van der Waals surface area contributed by atoms with Crippen LogP contribution in [0.5, 0.6) is 0 Å². The molecule has 1 amide bonds. The van der Waals surface area contributed by atoms with Crippen molar-refractivity contribution in [2.75, 3.05) is 11.2 Å². The molecule has 2 nitrogen and oxygen atoms in total. The van der Waals surface area contributed by atoms with Crippen molar-refractivity contribution in [2.45, 2.75) is 0 Å². The standard InChI is InChI=1S/C8H5BrCl3NO/c9-4-1-5(11)8(6(12)2-4)13-7(14)3-10/h1-2H,3H2,(H,13,14). The third-order valence-corrected chi connectivity index (χ3v) is 2.69. The van der Waals surface area contributed by atoms with E-state index >= 15 is 0 Å². The van der Waals surface area contributed by atoms with Gasteiger partial charge in [-0.3, -0.25) is 4.79 Å². The number of rotatable bonds is 2. The fraction of sp³-hybridized carbons (Fsp3) is 0.125. The minimum Gasteiger partial charge on any atom is -0.323 e. The summed E-state index contributed by atoms with van der Waals surface area (Å²) in [5.41, 5.74) is 0.377. The number of amides is 1. The number of benzene rings is 1. The Morgan fingerprint density at radius 3 is 2.29 bits per heavy atom. The molecule has 0 unspecified atom stereocenters. The monoisotopic (exact) mass is 315 g/mol. The van der Waals surface area contributed by atoms with Gasteiger partial charge >= 0.3 is 0 Å². The molecule has 0 saturated heterocycles. The van der Waals surface area contributed by atoms with Crippen LogP contribution in [0.3, 0.4) is 0 Å². The second kappa shape index (κ2) is 5.21. The maximum Gasteiger partial charge on any atom is 0.239 e. The first-order chi connectivity index (χ1) is 6.54. The second-order valence-electron chi connectivity index (χ2n) is 2.43. The van der Waals surface area contributed by atoms with Crippen LogP contribution in [0.2, 0.25) is 10.0 Å². The quantitative estimate of drug-likeness (QED) is 0.823. The summed E-state index contributed by atoms with van der Waals surface area (Å²) < 4.78 is 0.747. The minimum atomic E-state index is -0.349. The van der Waals surface area contributed by atoms with Crippen molar-refractivity contribution >= 4 is 62.3 Å². The fourth-order valence-corrected chi connectivity index (χ4v) is 2.20. The lowest BCUT2D eigenvalue weighted by Gasteiger charge is -2.08. The molecule has 1 aromatic carbocycles. The number of carbonyl (C=O) groups is 1. The van der Waals surface area contributed by atoms with E-state index in [0.29, 0.717) is 15.7 Å². The van der Waals surface area contributed by atoms with Crippen LogP contribution in [-0.4, -0.2) is 11.8 Å². The molecule has 0 fully saturated rings. The number of anilines is 1. The zero-order chi connectivity index (χ0) is 10.7. The number of halogens is 4. The van der Waals surface area contributed by atoms with Crippen LogP contribution in [-0.2, 0) is 4.79 Å². The van der Waals surface area contributed by atoms with Crippen LogP contribution in [0.15, 0.2) is 16.6 Å². The van der Waals surface area contributed by atoms with E-state index in [9.17, 15) is 4.79 Å². The second-order valence-corrected chi connectivity index (χ2v) is 4.42. The number of carbonyl (C=O) groups excluding carboxylic acids is 1. The topological polar surface area (TPSA) is 29.1 Å². The molecule has 6 heteroatoms. The Morgan fingerprint density at radius 2 is 1.86 bits per heavy atom. The summed E-state index contributed by atoms with van der Waals surface area (Å²) in [6.07, 6.45) is 0. The predicted molar refractivity (Wildman–Crippen MR) is 63.5 cm³/mol. The van der Waals surface area contributed by atoms with E-state index in [2.05, 4.69) is 21.2 Å². The Labute approximate surface area is 105 Å². The van der Waals surface area contributed by atoms with Crippen LogP contribution in [0.4, 0.5) is 5.69 Å². The molecule has 0 aliphatic carbocycles. The molecule has 0 spiro atoms. The van der Waals surface area contributed by atoms with Crippen LogP contribution >= 0.6 is 50.7 Å². The molecular formula is C8H5BrCl3NO. The smallest absolute Gasteiger partial charge is 0.239 e. The molecule has 0 bridgehead atoms. The largest absolute Gasteiger partial charge is 0.323 e. The zero-order valence-corrected chi connectivity index (χ0v) is 10.6. The normalized spacial score (nSPS) is 10.0. The van der Waals surface area contributed by atoms with E-state index in [1.54, 1.807) is 12.1 Å². The molecule has 0 saturated carbocycles. The van der Waals surface area contributed by atoms with Crippen LogP contribution in [0.25, 0.3) is 0 Å². The molecule has 76 valence electrons. The van der Waals surface area contributed by atoms with Gasteiger partial charge in [0.25, 0.3) is 0 Å². The number of hydrogen-bond donors (Lipinski definition) is 1. The molecule has 0 atom stereocenters. The average Bonchev–Trinajstić information content (AvgIpc) is 2.10. The first-order valence-electron chi connectivity index (χ1n) is 3.55. The molecule has 1 rings (SSSR count). The molecule has 0 heterocycles. The molecule has 1 aromatic rings. The van der Waals surface area contributed by atoms with Crippen LogP contribution < -0.4 is 5.32 Å². The highest BCUT2D eigenvalue weighted by molar-refractivity contribution is 9.10. The predicted octanol–water partition coefficient (Wildman–Crippen LogP) is 3.93. The van der Waals surface area contributed by atoms with E-state index in [-0.39, 0.29) is 11.8 Å². The SMILES string of the molecule is O=C(CCl)Nc1c(Cl)cc(Br)cc1Cl. The van der Waals surface area contributed by atoms with Gasteiger partial charge in [0.15, 0.2) is 0 Å². The Bertz CT molecular complexity index is 347. The van der Waals surface area contributed by atoms with Crippen molar-refractivity contribution in [1.82, 2.24) is 0 Å². The van der Waals surface area contributed by atoms with Gasteiger partial charge in [-0.05, 0) is 12.1 Å². The van der Waals surface area contributed by atoms with Gasteiger partial charge in [0.2, 0.25) is 5.91 Å². The molecule has 0 aliphatic heterocycles. The van der Waals surface area contributed by atoms with E-state index in [1.165, 1.54) is 0 Å². The van der Waals surface area contributed by atoms with Gasteiger partial charge in [0.1, 0.15) is 5.88 Å². The minimum absolute atomic E-state index is 0.136. The van der Waals surface area contributed by atoms with Gasteiger partial charge in [-0.2, -0.15) is 0 Å². The summed E-state index contributed by atoms with van der Waals surface area (Å²) in [5, 5.41) is 3.23. The van der Waals surface area contributed by atoms with Crippen molar-refractivity contribution in [1.29, 1.82) is 0 Å². The van der Waals surface area contributed by atoms with Crippen LogP contribution in [0.1, 0.15) is 0 Å². The maximum absolute atomic E-state index is 11.0. The first kappa shape index (κ1) is 12.1. The Morgan fingerprint density at radius 1 is 1.36 bits per heavy atom. The molecule has 1 N–H and O–H groups in total. The van der Waals surface area contributed by atoms with E-state index in [1.807, 2.05) is 0 Å². The van der Waals surface area contributed by atoms with Gasteiger partial charge in [0, 0.05) is 4.47 Å². The highest BCUT2D eigenvalue weighted by Gasteiger charge is 2.09. The van der Waals surface area contributed by atoms with Crippen molar-refractivity contribution < 1.29 is 4.79 Å². The van der Waals surface area contributed by atoms with Gasteiger partial charge in [0.05, 0.1) is 15.7 Å². The van der Waals surface area contributed by atoms with E-state index in [0.717, 1.165) is 4.47 Å². The first-order valence-corrected chi connectivity index (χ1v) is 5.63. The zero-order valence-electron chi connectivity index (χ0n) is 6.78. The van der Waals surface area contributed by atoms with E-state index < -0.39 is 0 Å². The Hall–Kier alpha value is 0.0400. The molecule has 0 aliphatic rings. The summed E-state index contributed by atoms with van der Waals surface area (Å²) in [5.74, 6) is -0.485. The lowest BCUT2D eigenvalue weighted by Crippen LogP contribution is -2.13. The van der Waals surface area contributed by atoms with E-state index in [4.69, 9.17) is 34.8 Å². The van der Waals surface area contributed by atoms with Crippen molar-refractivity contribution in [3.8, 4) is 0 Å². The molecule has 14 heavy (non-hydrogen) atoms. The third kappa shape index (κ3) is 3.02. The number of alkyl halides is 1. The molecule has 0 radical (unpaired) electrons. The Kier molecular flexibility index (Phi) is 4.51. The summed E-state index contributed by atoms with van der Waals surface area (Å²) in [7, 11) is 0. The molecule has 0 aromatic heterocycles. The summed E-state index contributed by atoms with van der Waals surface area (Å²) in [6, 6.07) is 3.27. The molecular weight excluding hydrogens is 312 g/mol. The fourth-order valence-electron chi connectivity index (χ4n) is 0.834. The summed E-state index contributed by atoms with van der Waals surface area (Å²) in [6.45, 7) is 0. The average molecular weight is 317 g/mol. The van der Waals surface area contributed by atoms with Crippen molar-refractivity contribution in [3.63, 3.8) is 0 Å². The number of hydrogen-bond acceptors (Lipinski definition) is 1. The van der Waals surface area contributed by atoms with Crippen molar-refractivity contribution in [2.24, 2.45) is 0 Å². The number of nitrogens with one attached hydrogen (secondary N) is 1.